The molecule has 8 heteroatoms. The van der Waals surface area contributed by atoms with Gasteiger partial charge in [0.05, 0.1) is 22.7 Å². The molecule has 0 saturated carbocycles. The van der Waals surface area contributed by atoms with Crippen molar-refractivity contribution in [2.75, 3.05) is 36.0 Å². The van der Waals surface area contributed by atoms with Crippen LogP contribution in [-0.2, 0) is 10.0 Å². The van der Waals surface area contributed by atoms with Gasteiger partial charge in [-0.1, -0.05) is 12.1 Å². The topological polar surface area (TPSA) is 86.8 Å². The molecule has 142 valence electrons. The molecule has 0 radical (unpaired) electrons. The molecule has 2 aromatic carbocycles. The largest absolute Gasteiger partial charge is 0.345 e. The minimum absolute atomic E-state index is 0.145. The van der Waals surface area contributed by atoms with Crippen molar-refractivity contribution in [1.29, 1.82) is 0 Å². The molecule has 0 unspecified atom stereocenters. The van der Waals surface area contributed by atoms with E-state index in [1.165, 1.54) is 9.21 Å². The van der Waals surface area contributed by atoms with Crippen molar-refractivity contribution in [1.82, 2.24) is 4.90 Å². The lowest BCUT2D eigenvalue weighted by atomic mass is 10.1. The fraction of sp³-hybridized carbons (Fsp3) is 0.263. The number of nitrogens with one attached hydrogen (secondary N) is 1. The average Bonchev–Trinajstić information content (AvgIpc) is 3.00. The van der Waals surface area contributed by atoms with Gasteiger partial charge in [0.2, 0.25) is 10.0 Å². The van der Waals surface area contributed by atoms with Crippen molar-refractivity contribution in [3.05, 3.63) is 59.7 Å². The summed E-state index contributed by atoms with van der Waals surface area (Å²) in [5, 5.41) is 2.75. The summed E-state index contributed by atoms with van der Waals surface area (Å²) < 4.78 is 25.3. The van der Waals surface area contributed by atoms with Gasteiger partial charge in [-0.3, -0.25) is 13.9 Å². The van der Waals surface area contributed by atoms with Crippen molar-refractivity contribution in [3.63, 3.8) is 0 Å². The number of para-hydroxylation sites is 1. The van der Waals surface area contributed by atoms with Crippen LogP contribution < -0.4 is 9.62 Å². The standard InChI is InChI=1S/C19H21N3O4S/c1-21(2)19(24)16-6-3-4-7-17(16)20-18(23)14-8-10-15(11-9-14)22-12-5-13-27(22,25)26/h3-4,6-11H,5,12-13H2,1-2H3,(H,20,23). The highest BCUT2D eigenvalue weighted by atomic mass is 32.2. The van der Waals surface area contributed by atoms with E-state index >= 15 is 0 Å². The second-order valence-electron chi connectivity index (χ2n) is 6.49. The zero-order valence-electron chi connectivity index (χ0n) is 15.2. The number of rotatable bonds is 4. The van der Waals surface area contributed by atoms with E-state index in [0.717, 1.165) is 0 Å². The summed E-state index contributed by atoms with van der Waals surface area (Å²) in [6.45, 7) is 0.452. The second-order valence-corrected chi connectivity index (χ2v) is 8.50. The Hall–Kier alpha value is -2.87. The van der Waals surface area contributed by atoms with Crippen LogP contribution in [-0.4, -0.2) is 51.5 Å². The monoisotopic (exact) mass is 387 g/mol. The Morgan fingerprint density at radius 1 is 1.04 bits per heavy atom. The van der Waals surface area contributed by atoms with Gasteiger partial charge in [-0.05, 0) is 42.8 Å². The molecule has 1 saturated heterocycles. The zero-order valence-corrected chi connectivity index (χ0v) is 16.0. The van der Waals surface area contributed by atoms with E-state index in [1.807, 2.05) is 0 Å². The van der Waals surface area contributed by atoms with E-state index in [0.29, 0.717) is 35.5 Å². The maximum atomic E-state index is 12.6. The molecule has 0 atom stereocenters. The van der Waals surface area contributed by atoms with Crippen molar-refractivity contribution in [2.24, 2.45) is 0 Å². The van der Waals surface area contributed by atoms with Crippen LogP contribution in [0.5, 0.6) is 0 Å². The van der Waals surface area contributed by atoms with Crippen LogP contribution in [0.25, 0.3) is 0 Å². The van der Waals surface area contributed by atoms with Crippen LogP contribution in [0, 0.1) is 0 Å². The Morgan fingerprint density at radius 3 is 2.30 bits per heavy atom. The molecule has 1 N–H and O–H groups in total. The number of carbonyl (C=O) groups excluding carboxylic acids is 2. The third-order valence-electron chi connectivity index (χ3n) is 4.33. The number of hydrogen-bond donors (Lipinski definition) is 1. The number of carbonyl (C=O) groups is 2. The number of benzene rings is 2. The van der Waals surface area contributed by atoms with E-state index < -0.39 is 10.0 Å². The molecule has 7 nitrogen and oxygen atoms in total. The van der Waals surface area contributed by atoms with Crippen LogP contribution in [0.3, 0.4) is 0 Å². The van der Waals surface area contributed by atoms with Gasteiger partial charge < -0.3 is 10.2 Å². The summed E-state index contributed by atoms with van der Waals surface area (Å²) in [6, 6.07) is 13.2. The first-order chi connectivity index (χ1) is 12.8. The zero-order chi connectivity index (χ0) is 19.6. The number of sulfonamides is 1. The van der Waals surface area contributed by atoms with E-state index in [9.17, 15) is 18.0 Å². The van der Waals surface area contributed by atoms with Crippen LogP contribution in [0.15, 0.2) is 48.5 Å². The first kappa shape index (κ1) is 18.9. The van der Waals surface area contributed by atoms with Crippen LogP contribution >= 0.6 is 0 Å². The molecule has 2 amide bonds. The summed E-state index contributed by atoms with van der Waals surface area (Å²) in [4.78, 5) is 26.2. The lowest BCUT2D eigenvalue weighted by Gasteiger charge is -2.17. The number of amides is 2. The highest BCUT2D eigenvalue weighted by molar-refractivity contribution is 7.93. The second kappa shape index (κ2) is 7.40. The highest BCUT2D eigenvalue weighted by Crippen LogP contribution is 2.24. The smallest absolute Gasteiger partial charge is 0.255 e. The van der Waals surface area contributed by atoms with Crippen molar-refractivity contribution in [3.8, 4) is 0 Å². The van der Waals surface area contributed by atoms with E-state index in [-0.39, 0.29) is 17.6 Å². The third-order valence-corrected chi connectivity index (χ3v) is 6.20. The fourth-order valence-corrected chi connectivity index (χ4v) is 4.49. The molecule has 0 bridgehead atoms. The summed E-state index contributed by atoms with van der Waals surface area (Å²) in [5.41, 5.74) is 1.75. The summed E-state index contributed by atoms with van der Waals surface area (Å²) in [7, 11) is 0.0354. The molecule has 1 aliphatic rings. The first-order valence-corrected chi connectivity index (χ1v) is 10.1. The molecule has 3 rings (SSSR count). The number of anilines is 2. The van der Waals surface area contributed by atoms with E-state index in [1.54, 1.807) is 62.6 Å². The first-order valence-electron chi connectivity index (χ1n) is 8.52. The van der Waals surface area contributed by atoms with Crippen molar-refractivity contribution < 1.29 is 18.0 Å². The Labute approximate surface area is 158 Å². The Balaban J connectivity index is 1.79. The van der Waals surface area contributed by atoms with Gasteiger partial charge >= 0.3 is 0 Å². The summed E-state index contributed by atoms with van der Waals surface area (Å²) >= 11 is 0. The summed E-state index contributed by atoms with van der Waals surface area (Å²) in [5.74, 6) is -0.434. The number of hydrogen-bond acceptors (Lipinski definition) is 4. The van der Waals surface area contributed by atoms with Gasteiger partial charge in [0.1, 0.15) is 0 Å². The van der Waals surface area contributed by atoms with E-state index in [2.05, 4.69) is 5.32 Å². The predicted molar refractivity (Wildman–Crippen MR) is 105 cm³/mol. The molecule has 0 aromatic heterocycles. The molecular weight excluding hydrogens is 366 g/mol. The third kappa shape index (κ3) is 3.95. The Bertz CT molecular complexity index is 969. The van der Waals surface area contributed by atoms with Crippen molar-refractivity contribution >= 4 is 33.2 Å². The van der Waals surface area contributed by atoms with Crippen LogP contribution in [0.1, 0.15) is 27.1 Å². The van der Waals surface area contributed by atoms with Gasteiger partial charge in [-0.25, -0.2) is 8.42 Å². The van der Waals surface area contributed by atoms with Crippen molar-refractivity contribution in [2.45, 2.75) is 6.42 Å². The Kier molecular flexibility index (Phi) is 5.18. The lowest BCUT2D eigenvalue weighted by Crippen LogP contribution is -2.25. The molecule has 0 aliphatic carbocycles. The van der Waals surface area contributed by atoms with Crippen LogP contribution in [0.2, 0.25) is 0 Å². The Morgan fingerprint density at radius 2 is 1.70 bits per heavy atom. The molecule has 27 heavy (non-hydrogen) atoms. The molecule has 0 spiro atoms. The fourth-order valence-electron chi connectivity index (χ4n) is 2.92. The van der Waals surface area contributed by atoms with Gasteiger partial charge in [-0.15, -0.1) is 0 Å². The normalized spacial score (nSPS) is 15.4. The van der Waals surface area contributed by atoms with E-state index in [4.69, 9.17) is 0 Å². The maximum Gasteiger partial charge on any atom is 0.255 e. The average molecular weight is 387 g/mol. The molecular formula is C19H21N3O4S. The highest BCUT2D eigenvalue weighted by Gasteiger charge is 2.28. The molecule has 1 aliphatic heterocycles. The minimum atomic E-state index is -3.25. The molecule has 1 fully saturated rings. The van der Waals surface area contributed by atoms with Gasteiger partial charge in [0.15, 0.2) is 0 Å². The van der Waals surface area contributed by atoms with Gasteiger partial charge in [0.25, 0.3) is 11.8 Å². The number of nitrogens with zero attached hydrogens (tertiary/aromatic N) is 2. The maximum absolute atomic E-state index is 12.6. The summed E-state index contributed by atoms with van der Waals surface area (Å²) in [6.07, 6.45) is 0.598. The van der Waals surface area contributed by atoms with Crippen LogP contribution in [0.4, 0.5) is 11.4 Å². The van der Waals surface area contributed by atoms with Gasteiger partial charge in [0, 0.05) is 26.2 Å². The molecule has 1 heterocycles. The lowest BCUT2D eigenvalue weighted by molar-refractivity contribution is 0.0828. The SMILES string of the molecule is CN(C)C(=O)c1ccccc1NC(=O)c1ccc(N2CCCS2(=O)=O)cc1. The quantitative estimate of drug-likeness (QED) is 0.871. The molecule has 2 aromatic rings. The van der Waals surface area contributed by atoms with Gasteiger partial charge in [-0.2, -0.15) is 0 Å². The predicted octanol–water partition coefficient (Wildman–Crippen LogP) is 2.18. The minimum Gasteiger partial charge on any atom is -0.345 e.